The third-order valence-electron chi connectivity index (χ3n) is 2.87. The van der Waals surface area contributed by atoms with Gasteiger partial charge in [-0.15, -0.1) is 10.2 Å². The van der Waals surface area contributed by atoms with Crippen molar-refractivity contribution in [2.75, 3.05) is 11.4 Å². The Kier molecular flexibility index (Phi) is 2.61. The zero-order valence-corrected chi connectivity index (χ0v) is 10.2. The molecular formula is C11H9ClN6. The van der Waals surface area contributed by atoms with Gasteiger partial charge in [-0.3, -0.25) is 0 Å². The second-order valence-electron chi connectivity index (χ2n) is 4.01. The summed E-state index contributed by atoms with van der Waals surface area (Å²) in [5.41, 5.74) is 0.511. The van der Waals surface area contributed by atoms with Crippen LogP contribution in [0.4, 0.5) is 5.82 Å². The summed E-state index contributed by atoms with van der Waals surface area (Å²) < 4.78 is 2.01. The largest absolute Gasteiger partial charge is 0.347 e. The van der Waals surface area contributed by atoms with Crippen molar-refractivity contribution in [2.45, 2.75) is 13.1 Å². The lowest BCUT2D eigenvalue weighted by atomic mass is 10.2. The predicted molar refractivity (Wildman–Crippen MR) is 65.0 cm³/mol. The molecule has 3 rings (SSSR count). The van der Waals surface area contributed by atoms with Gasteiger partial charge >= 0.3 is 0 Å². The van der Waals surface area contributed by atoms with Crippen molar-refractivity contribution >= 4 is 17.4 Å². The summed E-state index contributed by atoms with van der Waals surface area (Å²) in [6.45, 7) is 2.22. The Morgan fingerprint density at radius 3 is 3.06 bits per heavy atom. The number of rotatable bonds is 1. The fourth-order valence-corrected chi connectivity index (χ4v) is 2.18. The Bertz CT molecular complexity index is 629. The highest BCUT2D eigenvalue weighted by Crippen LogP contribution is 2.21. The normalized spacial score (nSPS) is 14.1. The van der Waals surface area contributed by atoms with E-state index in [1.165, 1.54) is 0 Å². The Morgan fingerprint density at radius 1 is 1.33 bits per heavy atom. The molecule has 0 radical (unpaired) electrons. The first-order valence-electron chi connectivity index (χ1n) is 5.45. The summed E-state index contributed by atoms with van der Waals surface area (Å²) in [6, 6.07) is 5.36. The lowest BCUT2D eigenvalue weighted by molar-refractivity contribution is 0.556. The van der Waals surface area contributed by atoms with E-state index in [1.807, 2.05) is 9.47 Å². The summed E-state index contributed by atoms with van der Waals surface area (Å²) >= 11 is 5.91. The second kappa shape index (κ2) is 4.27. The molecule has 0 fully saturated rings. The standard InChI is InChI=1S/C11H9ClN6/c12-9-3-8(5-13)4-10(15-9)17-1-2-18-7-14-16-11(18)6-17/h3-4,7H,1-2,6H2. The Morgan fingerprint density at radius 2 is 2.22 bits per heavy atom. The molecule has 0 saturated carbocycles. The molecule has 0 amide bonds. The molecule has 7 heteroatoms. The van der Waals surface area contributed by atoms with E-state index in [0.29, 0.717) is 23.1 Å². The fourth-order valence-electron chi connectivity index (χ4n) is 1.97. The van der Waals surface area contributed by atoms with Crippen molar-refractivity contribution in [3.05, 3.63) is 35.0 Å². The van der Waals surface area contributed by atoms with Crippen molar-refractivity contribution in [1.82, 2.24) is 19.7 Å². The maximum Gasteiger partial charge on any atom is 0.152 e. The van der Waals surface area contributed by atoms with Gasteiger partial charge in [-0.05, 0) is 12.1 Å². The molecule has 0 N–H and O–H groups in total. The van der Waals surface area contributed by atoms with E-state index in [9.17, 15) is 0 Å². The molecule has 3 heterocycles. The first-order chi connectivity index (χ1) is 8.76. The number of halogens is 1. The van der Waals surface area contributed by atoms with Crippen LogP contribution in [0.25, 0.3) is 0 Å². The zero-order chi connectivity index (χ0) is 12.5. The van der Waals surface area contributed by atoms with Crippen molar-refractivity contribution in [1.29, 1.82) is 5.26 Å². The van der Waals surface area contributed by atoms with E-state index in [2.05, 4.69) is 21.3 Å². The molecule has 0 aliphatic carbocycles. The first-order valence-corrected chi connectivity index (χ1v) is 5.83. The van der Waals surface area contributed by atoms with Crippen molar-refractivity contribution < 1.29 is 0 Å². The van der Waals surface area contributed by atoms with Crippen molar-refractivity contribution in [3.8, 4) is 6.07 Å². The minimum absolute atomic E-state index is 0.330. The number of nitrogens with zero attached hydrogens (tertiary/aromatic N) is 6. The third kappa shape index (κ3) is 1.89. The summed E-state index contributed by atoms with van der Waals surface area (Å²) in [4.78, 5) is 6.28. The summed E-state index contributed by atoms with van der Waals surface area (Å²) in [5.74, 6) is 1.59. The molecule has 0 aromatic carbocycles. The quantitative estimate of drug-likeness (QED) is 0.721. The Balaban J connectivity index is 1.93. The Hall–Kier alpha value is -2.13. The zero-order valence-electron chi connectivity index (χ0n) is 9.41. The van der Waals surface area contributed by atoms with Crippen LogP contribution in [0, 0.1) is 11.3 Å². The maximum absolute atomic E-state index is 8.93. The second-order valence-corrected chi connectivity index (χ2v) is 4.40. The molecule has 18 heavy (non-hydrogen) atoms. The van der Waals surface area contributed by atoms with Gasteiger partial charge in [0.2, 0.25) is 0 Å². The monoisotopic (exact) mass is 260 g/mol. The average Bonchev–Trinajstić information content (AvgIpc) is 2.85. The molecule has 6 nitrogen and oxygen atoms in total. The summed E-state index contributed by atoms with van der Waals surface area (Å²) in [5, 5.41) is 17.2. The Labute approximate surface area is 108 Å². The highest BCUT2D eigenvalue weighted by atomic mass is 35.5. The molecule has 0 spiro atoms. The smallest absolute Gasteiger partial charge is 0.152 e. The third-order valence-corrected chi connectivity index (χ3v) is 3.07. The lowest BCUT2D eigenvalue weighted by Gasteiger charge is -2.28. The highest BCUT2D eigenvalue weighted by Gasteiger charge is 2.19. The molecule has 2 aromatic heterocycles. The molecule has 0 atom stereocenters. The SMILES string of the molecule is N#Cc1cc(Cl)nc(N2CCn3cnnc3C2)c1. The topological polar surface area (TPSA) is 70.6 Å². The number of hydrogen-bond acceptors (Lipinski definition) is 5. The first kappa shape index (κ1) is 11.0. The number of hydrogen-bond donors (Lipinski definition) is 0. The molecule has 90 valence electrons. The van der Waals surface area contributed by atoms with Gasteiger partial charge in [-0.2, -0.15) is 5.26 Å². The van der Waals surface area contributed by atoms with E-state index in [-0.39, 0.29) is 0 Å². The summed E-state index contributed by atoms with van der Waals surface area (Å²) in [7, 11) is 0. The summed E-state index contributed by atoms with van der Waals surface area (Å²) in [6.07, 6.45) is 1.72. The molecular weight excluding hydrogens is 252 g/mol. The molecule has 2 aromatic rings. The van der Waals surface area contributed by atoms with Gasteiger partial charge < -0.3 is 9.47 Å². The van der Waals surface area contributed by atoms with Crippen molar-refractivity contribution in [3.63, 3.8) is 0 Å². The molecule has 0 saturated heterocycles. The van der Waals surface area contributed by atoms with Crippen LogP contribution in [0.15, 0.2) is 18.5 Å². The van der Waals surface area contributed by atoms with E-state index >= 15 is 0 Å². The lowest BCUT2D eigenvalue weighted by Crippen LogP contribution is -2.34. The maximum atomic E-state index is 8.93. The van der Waals surface area contributed by atoms with E-state index in [1.54, 1.807) is 18.5 Å². The average molecular weight is 261 g/mol. The van der Waals surface area contributed by atoms with Gasteiger partial charge in [-0.1, -0.05) is 11.6 Å². The number of aromatic nitrogens is 4. The van der Waals surface area contributed by atoms with Crippen LogP contribution < -0.4 is 4.90 Å². The molecule has 1 aliphatic rings. The van der Waals surface area contributed by atoms with E-state index in [4.69, 9.17) is 16.9 Å². The van der Waals surface area contributed by atoms with Crippen LogP contribution in [0.1, 0.15) is 11.4 Å². The molecule has 0 bridgehead atoms. The van der Waals surface area contributed by atoms with Crippen LogP contribution >= 0.6 is 11.6 Å². The number of pyridine rings is 1. The number of anilines is 1. The van der Waals surface area contributed by atoms with Gasteiger partial charge in [0.15, 0.2) is 5.82 Å². The van der Waals surface area contributed by atoms with Gasteiger partial charge in [0.25, 0.3) is 0 Å². The predicted octanol–water partition coefficient (Wildman–Crippen LogP) is 1.22. The number of fused-ring (bicyclic) bond motifs is 1. The van der Waals surface area contributed by atoms with Gasteiger partial charge in [0, 0.05) is 13.1 Å². The fraction of sp³-hybridized carbons (Fsp3) is 0.273. The van der Waals surface area contributed by atoms with Crippen LogP contribution in [0.3, 0.4) is 0 Å². The minimum atomic E-state index is 0.330. The van der Waals surface area contributed by atoms with Crippen LogP contribution in [0.5, 0.6) is 0 Å². The van der Waals surface area contributed by atoms with Gasteiger partial charge in [0.1, 0.15) is 17.3 Å². The van der Waals surface area contributed by atoms with Crippen molar-refractivity contribution in [2.24, 2.45) is 0 Å². The van der Waals surface area contributed by atoms with Gasteiger partial charge in [-0.25, -0.2) is 4.98 Å². The van der Waals surface area contributed by atoms with E-state index < -0.39 is 0 Å². The highest BCUT2D eigenvalue weighted by molar-refractivity contribution is 6.29. The molecule has 1 aliphatic heterocycles. The van der Waals surface area contributed by atoms with Crippen LogP contribution in [-0.2, 0) is 13.1 Å². The minimum Gasteiger partial charge on any atom is -0.347 e. The van der Waals surface area contributed by atoms with Crippen LogP contribution in [0.2, 0.25) is 5.15 Å². The van der Waals surface area contributed by atoms with Crippen LogP contribution in [-0.4, -0.2) is 26.3 Å². The van der Waals surface area contributed by atoms with Gasteiger partial charge in [0.05, 0.1) is 18.2 Å². The van der Waals surface area contributed by atoms with E-state index in [0.717, 1.165) is 18.9 Å². The molecule has 0 unspecified atom stereocenters. The number of nitriles is 1.